The topological polar surface area (TPSA) is 46.1 Å². The van der Waals surface area contributed by atoms with Crippen LogP contribution in [0.25, 0.3) is 0 Å². The highest BCUT2D eigenvalue weighted by molar-refractivity contribution is 5.16. The van der Waals surface area contributed by atoms with E-state index >= 15 is 0 Å². The lowest BCUT2D eigenvalue weighted by atomic mass is 10.1. The number of rotatable bonds is 8. The molecule has 1 aromatic carbocycles. The number of quaternary nitrogens is 1. The van der Waals surface area contributed by atoms with Crippen molar-refractivity contribution in [3.05, 3.63) is 35.9 Å². The maximum Gasteiger partial charge on any atom is 0.128 e. The van der Waals surface area contributed by atoms with Crippen molar-refractivity contribution in [2.24, 2.45) is 0 Å². The first-order valence-electron chi connectivity index (χ1n) is 5.97. The van der Waals surface area contributed by atoms with Crippen molar-refractivity contribution >= 4 is 0 Å². The quantitative estimate of drug-likeness (QED) is 0.639. The highest BCUT2D eigenvalue weighted by Crippen LogP contribution is 2.08. The minimum absolute atomic E-state index is 0.367. The highest BCUT2D eigenvalue weighted by Gasteiger charge is 2.07. The first kappa shape index (κ1) is 13.2. The summed E-state index contributed by atoms with van der Waals surface area (Å²) in [5.41, 5.74) is 0.989. The fourth-order valence-electron chi connectivity index (χ4n) is 1.56. The molecule has 3 N–H and O–H groups in total. The molecule has 0 saturated carbocycles. The van der Waals surface area contributed by atoms with Crippen LogP contribution in [0.3, 0.4) is 0 Å². The van der Waals surface area contributed by atoms with Crippen LogP contribution in [0.15, 0.2) is 30.3 Å². The highest BCUT2D eigenvalue weighted by atomic mass is 16.5. The van der Waals surface area contributed by atoms with Gasteiger partial charge in [0.1, 0.15) is 12.6 Å². The van der Waals surface area contributed by atoms with E-state index in [2.05, 4.69) is 5.32 Å². The van der Waals surface area contributed by atoms with Gasteiger partial charge in [0.25, 0.3) is 0 Å². The molecular weight excluding hydrogens is 202 g/mol. The molecule has 0 aromatic heterocycles. The van der Waals surface area contributed by atoms with E-state index < -0.39 is 0 Å². The fraction of sp³-hybridized carbons (Fsp3) is 0.538. The van der Waals surface area contributed by atoms with Crippen molar-refractivity contribution in [1.82, 2.24) is 0 Å². The molecule has 3 heteroatoms. The van der Waals surface area contributed by atoms with E-state index in [1.807, 2.05) is 37.3 Å². The summed E-state index contributed by atoms with van der Waals surface area (Å²) in [5, 5.41) is 12.0. The molecule has 0 unspecified atom stereocenters. The Balaban J connectivity index is 2.09. The average Bonchev–Trinajstić information content (AvgIpc) is 2.34. The van der Waals surface area contributed by atoms with E-state index in [0.717, 1.165) is 38.3 Å². The van der Waals surface area contributed by atoms with E-state index in [1.165, 1.54) is 0 Å². The number of aliphatic hydroxyl groups excluding tert-OH is 1. The number of aliphatic hydroxyl groups is 1. The molecule has 90 valence electrons. The molecule has 0 heterocycles. The van der Waals surface area contributed by atoms with Gasteiger partial charge in [0, 0.05) is 13.0 Å². The Morgan fingerprint density at radius 2 is 2.06 bits per heavy atom. The number of nitrogens with two attached hydrogens (primary N) is 1. The lowest BCUT2D eigenvalue weighted by Gasteiger charge is -2.09. The average molecular weight is 224 g/mol. The van der Waals surface area contributed by atoms with E-state index in [1.54, 1.807) is 0 Å². The molecule has 0 amide bonds. The van der Waals surface area contributed by atoms with Crippen LogP contribution in [0.4, 0.5) is 0 Å². The van der Waals surface area contributed by atoms with Crippen LogP contribution in [-0.2, 0) is 4.74 Å². The fourth-order valence-corrected chi connectivity index (χ4v) is 1.56. The summed E-state index contributed by atoms with van der Waals surface area (Å²) in [6, 6.07) is 9.78. The minimum atomic E-state index is -0.367. The standard InChI is InChI=1S/C13H21NO2/c1-2-16-10-6-9-14-11-13(15)12-7-4-3-5-8-12/h3-5,7-8,13-15H,2,6,9-11H2,1H3/p+1/t13-/m0/s1. The second-order valence-corrected chi connectivity index (χ2v) is 3.79. The molecule has 0 aliphatic rings. The molecule has 0 fully saturated rings. The summed E-state index contributed by atoms with van der Waals surface area (Å²) in [6.45, 7) is 5.32. The Labute approximate surface area is 97.4 Å². The second kappa shape index (κ2) is 8.28. The molecule has 1 atom stereocenters. The largest absolute Gasteiger partial charge is 0.382 e. The lowest BCUT2D eigenvalue weighted by molar-refractivity contribution is -0.662. The van der Waals surface area contributed by atoms with Gasteiger partial charge in [0.15, 0.2) is 0 Å². The van der Waals surface area contributed by atoms with Crippen molar-refractivity contribution < 1.29 is 15.2 Å². The van der Waals surface area contributed by atoms with Gasteiger partial charge in [-0.25, -0.2) is 0 Å². The Bertz CT molecular complexity index is 264. The van der Waals surface area contributed by atoms with Gasteiger partial charge < -0.3 is 15.2 Å². The van der Waals surface area contributed by atoms with E-state index in [-0.39, 0.29) is 6.10 Å². The predicted octanol–water partition coefficient (Wildman–Crippen LogP) is 0.710. The molecule has 16 heavy (non-hydrogen) atoms. The summed E-state index contributed by atoms with van der Waals surface area (Å²) in [5.74, 6) is 0. The molecule has 1 rings (SSSR count). The van der Waals surface area contributed by atoms with Gasteiger partial charge in [-0.2, -0.15) is 0 Å². The smallest absolute Gasteiger partial charge is 0.128 e. The lowest BCUT2D eigenvalue weighted by Crippen LogP contribution is -2.85. The maximum absolute atomic E-state index is 9.86. The second-order valence-electron chi connectivity index (χ2n) is 3.79. The van der Waals surface area contributed by atoms with E-state index in [4.69, 9.17) is 4.74 Å². The van der Waals surface area contributed by atoms with Crippen LogP contribution >= 0.6 is 0 Å². The first-order valence-corrected chi connectivity index (χ1v) is 5.97. The Kier molecular flexibility index (Phi) is 6.81. The van der Waals surface area contributed by atoms with Crippen LogP contribution in [0.5, 0.6) is 0 Å². The summed E-state index contributed by atoms with van der Waals surface area (Å²) in [7, 11) is 0. The molecule has 0 aliphatic heterocycles. The van der Waals surface area contributed by atoms with Crippen molar-refractivity contribution in [2.75, 3.05) is 26.3 Å². The van der Waals surface area contributed by atoms with Crippen molar-refractivity contribution in [2.45, 2.75) is 19.4 Å². The summed E-state index contributed by atoms with van der Waals surface area (Å²) in [6.07, 6.45) is 0.670. The maximum atomic E-state index is 9.86. The van der Waals surface area contributed by atoms with Crippen LogP contribution < -0.4 is 5.32 Å². The third kappa shape index (κ3) is 5.26. The van der Waals surface area contributed by atoms with Gasteiger partial charge in [-0.15, -0.1) is 0 Å². The zero-order valence-corrected chi connectivity index (χ0v) is 9.93. The van der Waals surface area contributed by atoms with Crippen molar-refractivity contribution in [1.29, 1.82) is 0 Å². The Hall–Kier alpha value is -0.900. The SMILES string of the molecule is CCOCCC[NH2+]C[C@H](O)c1ccccc1. The molecule has 0 saturated heterocycles. The predicted molar refractivity (Wildman–Crippen MR) is 64.2 cm³/mol. The zero-order valence-electron chi connectivity index (χ0n) is 9.93. The van der Waals surface area contributed by atoms with E-state index in [0.29, 0.717) is 0 Å². The Morgan fingerprint density at radius 3 is 2.75 bits per heavy atom. The summed E-state index contributed by atoms with van der Waals surface area (Å²) in [4.78, 5) is 0. The van der Waals surface area contributed by atoms with Crippen LogP contribution in [0.1, 0.15) is 25.0 Å². The van der Waals surface area contributed by atoms with Gasteiger partial charge in [0.05, 0.1) is 13.2 Å². The van der Waals surface area contributed by atoms with Gasteiger partial charge in [0.2, 0.25) is 0 Å². The molecule has 3 nitrogen and oxygen atoms in total. The van der Waals surface area contributed by atoms with Crippen LogP contribution in [0.2, 0.25) is 0 Å². The van der Waals surface area contributed by atoms with Gasteiger partial charge in [-0.3, -0.25) is 0 Å². The number of hydrogen-bond donors (Lipinski definition) is 2. The number of ether oxygens (including phenoxy) is 1. The van der Waals surface area contributed by atoms with Gasteiger partial charge in [-0.05, 0) is 12.5 Å². The molecular formula is C13H22NO2+. The molecule has 0 radical (unpaired) electrons. The first-order chi connectivity index (χ1) is 7.84. The van der Waals surface area contributed by atoms with Gasteiger partial charge in [-0.1, -0.05) is 30.3 Å². The monoisotopic (exact) mass is 224 g/mol. The third-order valence-electron chi connectivity index (χ3n) is 2.48. The molecule has 0 bridgehead atoms. The van der Waals surface area contributed by atoms with Crippen molar-refractivity contribution in [3.63, 3.8) is 0 Å². The van der Waals surface area contributed by atoms with Crippen LogP contribution in [0, 0.1) is 0 Å². The molecule has 1 aromatic rings. The molecule has 0 aliphatic carbocycles. The summed E-state index contributed by atoms with van der Waals surface area (Å²) >= 11 is 0. The zero-order chi connectivity index (χ0) is 11.6. The Morgan fingerprint density at radius 1 is 1.31 bits per heavy atom. The normalized spacial score (nSPS) is 12.6. The number of benzene rings is 1. The minimum Gasteiger partial charge on any atom is -0.382 e. The summed E-state index contributed by atoms with van der Waals surface area (Å²) < 4.78 is 5.24. The van der Waals surface area contributed by atoms with Gasteiger partial charge >= 0.3 is 0 Å². The van der Waals surface area contributed by atoms with Crippen LogP contribution in [-0.4, -0.2) is 31.4 Å². The van der Waals surface area contributed by atoms with E-state index in [9.17, 15) is 5.11 Å². The van der Waals surface area contributed by atoms with Crippen molar-refractivity contribution in [3.8, 4) is 0 Å². The molecule has 0 spiro atoms. The number of hydrogen-bond acceptors (Lipinski definition) is 2. The third-order valence-corrected chi connectivity index (χ3v) is 2.48.